The first kappa shape index (κ1) is 18.6. The molecule has 82 valence electrons. The van der Waals surface area contributed by atoms with Gasteiger partial charge in [0.1, 0.15) is 0 Å². The van der Waals surface area contributed by atoms with Gasteiger partial charge in [0.05, 0.1) is 0 Å². The Kier molecular flexibility index (Phi) is 32.3. The number of nitrogens with two attached hydrogens (primary N) is 1. The second-order valence-electron chi connectivity index (χ2n) is 2.00. The van der Waals surface area contributed by atoms with Crippen LogP contribution in [0.15, 0.2) is 0 Å². The van der Waals surface area contributed by atoms with Crippen molar-refractivity contribution in [3.63, 3.8) is 0 Å². The van der Waals surface area contributed by atoms with Crippen LogP contribution >= 0.6 is 12.6 Å². The summed E-state index contributed by atoms with van der Waals surface area (Å²) in [5.74, 6) is 0.702. The molecular formula is C10H25NOS. The van der Waals surface area contributed by atoms with Crippen LogP contribution in [0.5, 0.6) is 0 Å². The molecule has 0 radical (unpaired) electrons. The lowest BCUT2D eigenvalue weighted by molar-refractivity contribution is -0.118. The van der Waals surface area contributed by atoms with Crippen molar-refractivity contribution >= 4 is 18.5 Å². The van der Waals surface area contributed by atoms with E-state index < -0.39 is 0 Å². The molecule has 0 aliphatic rings. The number of thiol groups is 1. The Labute approximate surface area is 88.7 Å². The lowest BCUT2D eigenvalue weighted by Gasteiger charge is -1.93. The fraction of sp³-hybridized carbons (Fsp3) is 0.900. The normalized spacial score (nSPS) is 7.46. The van der Waals surface area contributed by atoms with Gasteiger partial charge in [0.15, 0.2) is 0 Å². The third-order valence-corrected chi connectivity index (χ3v) is 1.40. The molecule has 0 aromatic carbocycles. The van der Waals surface area contributed by atoms with E-state index in [4.69, 9.17) is 5.73 Å². The molecule has 0 atom stereocenters. The average molecular weight is 207 g/mol. The minimum Gasteiger partial charge on any atom is -0.370 e. The average Bonchev–Trinajstić information content (AvgIpc) is 2.19. The Balaban J connectivity index is -0.000000218. The fourth-order valence-corrected chi connectivity index (χ4v) is 0.811. The van der Waals surface area contributed by atoms with Crippen molar-refractivity contribution in [2.24, 2.45) is 5.73 Å². The van der Waals surface area contributed by atoms with Crippen LogP contribution in [0.3, 0.4) is 0 Å². The predicted octanol–water partition coefficient (Wildman–Crippen LogP) is 3.01. The zero-order valence-electron chi connectivity index (χ0n) is 9.47. The Bertz CT molecular complexity index is 87.0. The number of amides is 1. The second kappa shape index (κ2) is 22.6. The van der Waals surface area contributed by atoms with E-state index in [0.29, 0.717) is 6.42 Å². The molecule has 0 aromatic rings. The van der Waals surface area contributed by atoms with E-state index in [-0.39, 0.29) is 5.91 Å². The third-order valence-electron chi connectivity index (χ3n) is 1.08. The number of hydrogen-bond acceptors (Lipinski definition) is 2. The zero-order chi connectivity index (χ0) is 11.1. The number of rotatable bonds is 5. The van der Waals surface area contributed by atoms with Crippen molar-refractivity contribution in [2.75, 3.05) is 5.75 Å². The number of primary amides is 1. The van der Waals surface area contributed by atoms with Crippen LogP contribution in [0.1, 0.15) is 53.4 Å². The van der Waals surface area contributed by atoms with Crippen molar-refractivity contribution in [3.05, 3.63) is 0 Å². The number of carbonyl (C=O) groups excluding carboxylic acids is 1. The van der Waals surface area contributed by atoms with Gasteiger partial charge in [-0.25, -0.2) is 0 Å². The smallest absolute Gasteiger partial charge is 0.217 e. The Hall–Kier alpha value is -0.180. The van der Waals surface area contributed by atoms with Gasteiger partial charge >= 0.3 is 0 Å². The molecule has 0 bridgehead atoms. The standard InChI is InChI=1S/C6H13NOS.2C2H6/c7-6(8)4-2-1-3-5-9;2*1-2/h9H,1-5H2,(H2,7,8);2*1-2H3. The second-order valence-corrected chi connectivity index (χ2v) is 2.45. The van der Waals surface area contributed by atoms with Gasteiger partial charge in [-0.2, -0.15) is 12.6 Å². The van der Waals surface area contributed by atoms with Gasteiger partial charge in [0, 0.05) is 6.42 Å². The predicted molar refractivity (Wildman–Crippen MR) is 64.2 cm³/mol. The summed E-state index contributed by atoms with van der Waals surface area (Å²) in [5, 5.41) is 0. The summed E-state index contributed by atoms with van der Waals surface area (Å²) in [4.78, 5) is 10.2. The van der Waals surface area contributed by atoms with Crippen molar-refractivity contribution in [1.82, 2.24) is 0 Å². The minimum atomic E-state index is -0.200. The SMILES string of the molecule is CC.CC.NC(=O)CCCCCS. The van der Waals surface area contributed by atoms with Crippen molar-refractivity contribution in [2.45, 2.75) is 53.4 Å². The van der Waals surface area contributed by atoms with Crippen LogP contribution in [0.4, 0.5) is 0 Å². The highest BCUT2D eigenvalue weighted by Gasteiger charge is 1.91. The topological polar surface area (TPSA) is 43.1 Å². The largest absolute Gasteiger partial charge is 0.370 e. The molecule has 0 fully saturated rings. The Morgan fingerprint density at radius 3 is 1.85 bits per heavy atom. The van der Waals surface area contributed by atoms with Crippen molar-refractivity contribution < 1.29 is 4.79 Å². The molecule has 1 amide bonds. The summed E-state index contributed by atoms with van der Waals surface area (Å²) in [7, 11) is 0. The van der Waals surface area contributed by atoms with E-state index >= 15 is 0 Å². The van der Waals surface area contributed by atoms with Crippen molar-refractivity contribution in [1.29, 1.82) is 0 Å². The molecule has 0 unspecified atom stereocenters. The number of carbonyl (C=O) groups is 1. The number of unbranched alkanes of at least 4 members (excludes halogenated alkanes) is 2. The highest BCUT2D eigenvalue weighted by molar-refractivity contribution is 7.80. The first-order chi connectivity index (χ1) is 6.27. The molecule has 0 aromatic heterocycles. The Morgan fingerprint density at radius 2 is 1.54 bits per heavy atom. The fourth-order valence-electron chi connectivity index (χ4n) is 0.588. The molecule has 0 spiro atoms. The summed E-state index contributed by atoms with van der Waals surface area (Å²) in [5.41, 5.74) is 4.92. The zero-order valence-corrected chi connectivity index (χ0v) is 10.4. The molecule has 2 nitrogen and oxygen atoms in total. The molecule has 0 aliphatic carbocycles. The summed E-state index contributed by atoms with van der Waals surface area (Å²) in [6.45, 7) is 8.00. The lowest BCUT2D eigenvalue weighted by atomic mass is 10.2. The Morgan fingerprint density at radius 1 is 1.08 bits per heavy atom. The van der Waals surface area contributed by atoms with Gasteiger partial charge in [0.2, 0.25) is 5.91 Å². The molecule has 2 N–H and O–H groups in total. The summed E-state index contributed by atoms with van der Waals surface area (Å²) >= 11 is 4.03. The van der Waals surface area contributed by atoms with Gasteiger partial charge in [-0.3, -0.25) is 4.79 Å². The van der Waals surface area contributed by atoms with E-state index in [2.05, 4.69) is 12.6 Å². The van der Waals surface area contributed by atoms with E-state index in [1.54, 1.807) is 0 Å². The maximum atomic E-state index is 10.2. The minimum absolute atomic E-state index is 0.200. The van der Waals surface area contributed by atoms with Crippen molar-refractivity contribution in [3.8, 4) is 0 Å². The van der Waals surface area contributed by atoms with Gasteiger partial charge in [-0.1, -0.05) is 34.1 Å². The quantitative estimate of drug-likeness (QED) is 0.528. The van der Waals surface area contributed by atoms with E-state index in [0.717, 1.165) is 25.0 Å². The van der Waals surface area contributed by atoms with Crippen LogP contribution in [0.25, 0.3) is 0 Å². The number of hydrogen-bond donors (Lipinski definition) is 2. The first-order valence-electron chi connectivity index (χ1n) is 5.16. The van der Waals surface area contributed by atoms with Gasteiger partial charge in [-0.05, 0) is 18.6 Å². The van der Waals surface area contributed by atoms with E-state index in [1.165, 1.54) is 0 Å². The third kappa shape index (κ3) is 33.7. The monoisotopic (exact) mass is 207 g/mol. The lowest BCUT2D eigenvalue weighted by Crippen LogP contribution is -2.09. The molecule has 13 heavy (non-hydrogen) atoms. The molecule has 0 saturated carbocycles. The maximum absolute atomic E-state index is 10.2. The van der Waals surface area contributed by atoms with Crippen LogP contribution in [0, 0.1) is 0 Å². The van der Waals surface area contributed by atoms with Crippen LogP contribution in [-0.4, -0.2) is 11.7 Å². The molecule has 0 aliphatic heterocycles. The highest BCUT2D eigenvalue weighted by Crippen LogP contribution is 1.99. The first-order valence-corrected chi connectivity index (χ1v) is 5.80. The van der Waals surface area contributed by atoms with Gasteiger partial charge in [-0.15, -0.1) is 0 Å². The highest BCUT2D eigenvalue weighted by atomic mass is 32.1. The molecule has 0 saturated heterocycles. The molecule has 0 heterocycles. The van der Waals surface area contributed by atoms with Crippen LogP contribution in [-0.2, 0) is 4.79 Å². The summed E-state index contributed by atoms with van der Waals surface area (Å²) in [6.07, 6.45) is 3.58. The van der Waals surface area contributed by atoms with E-state index in [1.807, 2.05) is 27.7 Å². The summed E-state index contributed by atoms with van der Waals surface area (Å²) in [6, 6.07) is 0. The van der Waals surface area contributed by atoms with E-state index in [9.17, 15) is 4.79 Å². The summed E-state index contributed by atoms with van der Waals surface area (Å²) < 4.78 is 0. The molecular weight excluding hydrogens is 182 g/mol. The van der Waals surface area contributed by atoms with Gasteiger partial charge < -0.3 is 5.73 Å². The molecule has 0 rings (SSSR count). The van der Waals surface area contributed by atoms with Crippen LogP contribution in [0.2, 0.25) is 0 Å². The maximum Gasteiger partial charge on any atom is 0.217 e. The van der Waals surface area contributed by atoms with Crippen LogP contribution < -0.4 is 5.73 Å². The van der Waals surface area contributed by atoms with Gasteiger partial charge in [0.25, 0.3) is 0 Å². The molecule has 3 heteroatoms.